The van der Waals surface area contributed by atoms with E-state index in [4.69, 9.17) is 4.74 Å². The van der Waals surface area contributed by atoms with E-state index in [0.717, 1.165) is 12.0 Å². The summed E-state index contributed by atoms with van der Waals surface area (Å²) in [7, 11) is 1.91. The standard InChI is InChI=1S/C16H17BrFNO/c1-3-14(19-2)12-6-4-5-7-15(12)20-16-9-8-11(17)10-13(16)18/h4-10,14,19H,3H2,1-2H3. The fraction of sp³-hybridized carbons (Fsp3) is 0.250. The van der Waals surface area contributed by atoms with Gasteiger partial charge in [-0.05, 0) is 37.7 Å². The van der Waals surface area contributed by atoms with Gasteiger partial charge in [0.05, 0.1) is 0 Å². The number of halogens is 2. The first-order valence-corrected chi connectivity index (χ1v) is 7.34. The molecular formula is C16H17BrFNO. The third kappa shape index (κ3) is 3.38. The molecular weight excluding hydrogens is 321 g/mol. The quantitative estimate of drug-likeness (QED) is 0.824. The Labute approximate surface area is 127 Å². The van der Waals surface area contributed by atoms with Gasteiger partial charge in [0.1, 0.15) is 5.75 Å². The van der Waals surface area contributed by atoms with Crippen LogP contribution in [0.15, 0.2) is 46.9 Å². The van der Waals surface area contributed by atoms with Gasteiger partial charge in [-0.25, -0.2) is 4.39 Å². The summed E-state index contributed by atoms with van der Waals surface area (Å²) in [6, 6.07) is 12.7. The van der Waals surface area contributed by atoms with E-state index in [1.165, 1.54) is 6.07 Å². The molecule has 0 aliphatic heterocycles. The Morgan fingerprint density at radius 1 is 1.20 bits per heavy atom. The molecule has 0 fully saturated rings. The van der Waals surface area contributed by atoms with Crippen molar-refractivity contribution < 1.29 is 9.13 Å². The lowest BCUT2D eigenvalue weighted by molar-refractivity contribution is 0.427. The van der Waals surface area contributed by atoms with Gasteiger partial charge in [-0.2, -0.15) is 0 Å². The molecule has 0 spiro atoms. The number of hydrogen-bond donors (Lipinski definition) is 1. The maximum atomic E-state index is 13.9. The molecule has 4 heteroatoms. The maximum absolute atomic E-state index is 13.9. The van der Waals surface area contributed by atoms with Gasteiger partial charge in [-0.15, -0.1) is 0 Å². The van der Waals surface area contributed by atoms with Gasteiger partial charge >= 0.3 is 0 Å². The van der Waals surface area contributed by atoms with Crippen LogP contribution in [0.25, 0.3) is 0 Å². The number of para-hydroxylation sites is 1. The van der Waals surface area contributed by atoms with E-state index in [2.05, 4.69) is 28.2 Å². The zero-order valence-corrected chi connectivity index (χ0v) is 13.1. The zero-order valence-electron chi connectivity index (χ0n) is 11.5. The summed E-state index contributed by atoms with van der Waals surface area (Å²) in [4.78, 5) is 0. The molecule has 0 aliphatic carbocycles. The summed E-state index contributed by atoms with van der Waals surface area (Å²) in [6.45, 7) is 2.10. The van der Waals surface area contributed by atoms with E-state index >= 15 is 0 Å². The molecule has 0 saturated carbocycles. The van der Waals surface area contributed by atoms with Crippen LogP contribution in [-0.4, -0.2) is 7.05 Å². The van der Waals surface area contributed by atoms with Crippen LogP contribution >= 0.6 is 15.9 Å². The molecule has 106 valence electrons. The average molecular weight is 338 g/mol. The Balaban J connectivity index is 2.33. The fourth-order valence-electron chi connectivity index (χ4n) is 2.12. The summed E-state index contributed by atoms with van der Waals surface area (Å²) < 4.78 is 20.3. The van der Waals surface area contributed by atoms with Gasteiger partial charge in [-0.3, -0.25) is 0 Å². The highest BCUT2D eigenvalue weighted by Crippen LogP contribution is 2.32. The first kappa shape index (κ1) is 15.0. The summed E-state index contributed by atoms with van der Waals surface area (Å²) in [5.41, 5.74) is 1.03. The second-order valence-corrected chi connectivity index (χ2v) is 5.38. The largest absolute Gasteiger partial charge is 0.454 e. The van der Waals surface area contributed by atoms with Crippen LogP contribution < -0.4 is 10.1 Å². The summed E-state index contributed by atoms with van der Waals surface area (Å²) in [5.74, 6) is 0.521. The van der Waals surface area contributed by atoms with Crippen LogP contribution in [0.1, 0.15) is 24.9 Å². The average Bonchev–Trinajstić information content (AvgIpc) is 2.45. The topological polar surface area (TPSA) is 21.3 Å². The van der Waals surface area contributed by atoms with Gasteiger partial charge in [0, 0.05) is 16.1 Å². The minimum Gasteiger partial charge on any atom is -0.454 e. The van der Waals surface area contributed by atoms with Crippen LogP contribution in [0.4, 0.5) is 4.39 Å². The molecule has 2 aromatic rings. The maximum Gasteiger partial charge on any atom is 0.166 e. The van der Waals surface area contributed by atoms with Gasteiger partial charge in [-0.1, -0.05) is 41.1 Å². The molecule has 1 N–H and O–H groups in total. The minimum absolute atomic E-state index is 0.185. The molecule has 0 aliphatic rings. The van der Waals surface area contributed by atoms with Crippen molar-refractivity contribution in [2.24, 2.45) is 0 Å². The third-order valence-corrected chi connectivity index (χ3v) is 3.66. The molecule has 0 bridgehead atoms. The van der Waals surface area contributed by atoms with Crippen molar-refractivity contribution in [2.75, 3.05) is 7.05 Å². The molecule has 1 atom stereocenters. The summed E-state index contributed by atoms with van der Waals surface area (Å²) >= 11 is 3.24. The summed E-state index contributed by atoms with van der Waals surface area (Å²) in [5, 5.41) is 3.24. The molecule has 2 aromatic carbocycles. The normalized spacial score (nSPS) is 12.2. The number of hydrogen-bond acceptors (Lipinski definition) is 2. The van der Waals surface area contributed by atoms with Crippen molar-refractivity contribution in [2.45, 2.75) is 19.4 Å². The molecule has 0 heterocycles. The minimum atomic E-state index is -0.383. The van der Waals surface area contributed by atoms with Crippen molar-refractivity contribution in [1.82, 2.24) is 5.32 Å². The Bertz CT molecular complexity index is 584. The van der Waals surface area contributed by atoms with E-state index < -0.39 is 0 Å². The third-order valence-electron chi connectivity index (χ3n) is 3.16. The van der Waals surface area contributed by atoms with Crippen molar-refractivity contribution in [3.8, 4) is 11.5 Å². The van der Waals surface area contributed by atoms with Crippen LogP contribution in [0.5, 0.6) is 11.5 Å². The molecule has 2 rings (SSSR count). The lowest BCUT2D eigenvalue weighted by Crippen LogP contribution is -2.15. The number of rotatable bonds is 5. The highest BCUT2D eigenvalue weighted by molar-refractivity contribution is 9.10. The first-order chi connectivity index (χ1) is 9.65. The van der Waals surface area contributed by atoms with Gasteiger partial charge in [0.15, 0.2) is 11.6 Å². The second kappa shape index (κ2) is 6.86. The summed E-state index contributed by atoms with van der Waals surface area (Å²) in [6.07, 6.45) is 0.930. The van der Waals surface area contributed by atoms with E-state index in [1.807, 2.05) is 31.3 Å². The number of benzene rings is 2. The van der Waals surface area contributed by atoms with Gasteiger partial charge < -0.3 is 10.1 Å². The lowest BCUT2D eigenvalue weighted by atomic mass is 10.0. The highest BCUT2D eigenvalue weighted by atomic mass is 79.9. The monoisotopic (exact) mass is 337 g/mol. The van der Waals surface area contributed by atoms with Crippen LogP contribution in [-0.2, 0) is 0 Å². The molecule has 0 radical (unpaired) electrons. The lowest BCUT2D eigenvalue weighted by Gasteiger charge is -2.18. The van der Waals surface area contributed by atoms with Crippen LogP contribution in [0.2, 0.25) is 0 Å². The fourth-order valence-corrected chi connectivity index (χ4v) is 2.45. The van der Waals surface area contributed by atoms with Crippen molar-refractivity contribution in [3.63, 3.8) is 0 Å². The SMILES string of the molecule is CCC(NC)c1ccccc1Oc1ccc(Br)cc1F. The van der Waals surface area contributed by atoms with E-state index in [-0.39, 0.29) is 17.6 Å². The number of nitrogens with one attached hydrogen (secondary N) is 1. The predicted molar refractivity (Wildman–Crippen MR) is 82.7 cm³/mol. The Morgan fingerprint density at radius 3 is 2.60 bits per heavy atom. The molecule has 0 saturated heterocycles. The molecule has 20 heavy (non-hydrogen) atoms. The number of ether oxygens (including phenoxy) is 1. The van der Waals surface area contributed by atoms with Crippen molar-refractivity contribution in [3.05, 3.63) is 58.3 Å². The van der Waals surface area contributed by atoms with Crippen molar-refractivity contribution >= 4 is 15.9 Å². The molecule has 0 amide bonds. The molecule has 0 aromatic heterocycles. The Hall–Kier alpha value is -1.39. The first-order valence-electron chi connectivity index (χ1n) is 6.54. The van der Waals surface area contributed by atoms with Crippen LogP contribution in [0.3, 0.4) is 0 Å². The Morgan fingerprint density at radius 2 is 1.95 bits per heavy atom. The Kier molecular flexibility index (Phi) is 5.15. The molecule has 1 unspecified atom stereocenters. The van der Waals surface area contributed by atoms with E-state index in [9.17, 15) is 4.39 Å². The zero-order chi connectivity index (χ0) is 14.5. The van der Waals surface area contributed by atoms with E-state index in [1.54, 1.807) is 12.1 Å². The van der Waals surface area contributed by atoms with Crippen LogP contribution in [0, 0.1) is 5.82 Å². The molecule has 2 nitrogen and oxygen atoms in total. The smallest absolute Gasteiger partial charge is 0.166 e. The highest BCUT2D eigenvalue weighted by Gasteiger charge is 2.14. The predicted octanol–water partition coefficient (Wildman–Crippen LogP) is 5.05. The van der Waals surface area contributed by atoms with Gasteiger partial charge in [0.2, 0.25) is 0 Å². The van der Waals surface area contributed by atoms with Gasteiger partial charge in [0.25, 0.3) is 0 Å². The van der Waals surface area contributed by atoms with E-state index in [0.29, 0.717) is 10.2 Å². The second-order valence-electron chi connectivity index (χ2n) is 4.46. The van der Waals surface area contributed by atoms with Crippen molar-refractivity contribution in [1.29, 1.82) is 0 Å².